The smallest absolute Gasteiger partial charge is 0.306 e. The minimum absolute atomic E-state index is 0.0311. The van der Waals surface area contributed by atoms with Crippen LogP contribution in [-0.2, 0) is 9.59 Å². The summed E-state index contributed by atoms with van der Waals surface area (Å²) in [5, 5.41) is 11.7. The molecule has 0 saturated carbocycles. The summed E-state index contributed by atoms with van der Waals surface area (Å²) in [5.41, 5.74) is 5.85. The molecule has 5 heteroatoms. The van der Waals surface area contributed by atoms with Gasteiger partial charge >= 0.3 is 5.97 Å². The molecule has 4 unspecified atom stereocenters. The lowest BCUT2D eigenvalue weighted by Gasteiger charge is -2.21. The van der Waals surface area contributed by atoms with Crippen molar-refractivity contribution >= 4 is 11.9 Å². The molecule has 0 fully saturated rings. The van der Waals surface area contributed by atoms with Gasteiger partial charge in [-0.25, -0.2) is 0 Å². The molecule has 0 aromatic carbocycles. The van der Waals surface area contributed by atoms with E-state index in [0.717, 1.165) is 19.3 Å². The number of carbonyl (C=O) groups is 2. The summed E-state index contributed by atoms with van der Waals surface area (Å²) in [6, 6.07) is -0.436. The Morgan fingerprint density at radius 3 is 2.26 bits per heavy atom. The van der Waals surface area contributed by atoms with E-state index >= 15 is 0 Å². The second-order valence-corrected chi connectivity index (χ2v) is 5.49. The van der Waals surface area contributed by atoms with Crippen molar-refractivity contribution in [3.8, 4) is 0 Å². The van der Waals surface area contributed by atoms with E-state index in [9.17, 15) is 9.59 Å². The summed E-state index contributed by atoms with van der Waals surface area (Å²) in [6.07, 6.45) is 3.07. The first-order valence-corrected chi connectivity index (χ1v) is 7.08. The van der Waals surface area contributed by atoms with Crippen LogP contribution in [0.25, 0.3) is 0 Å². The number of carboxylic acids is 1. The molecule has 5 nitrogen and oxygen atoms in total. The fourth-order valence-corrected chi connectivity index (χ4v) is 1.78. The van der Waals surface area contributed by atoms with Crippen molar-refractivity contribution in [1.29, 1.82) is 0 Å². The van der Waals surface area contributed by atoms with Crippen molar-refractivity contribution in [2.24, 2.45) is 17.6 Å². The third-order valence-electron chi connectivity index (χ3n) is 3.64. The van der Waals surface area contributed by atoms with E-state index in [1.165, 1.54) is 0 Å². The van der Waals surface area contributed by atoms with E-state index in [4.69, 9.17) is 10.8 Å². The van der Waals surface area contributed by atoms with Gasteiger partial charge in [-0.3, -0.25) is 9.59 Å². The van der Waals surface area contributed by atoms with Gasteiger partial charge in [-0.1, -0.05) is 33.6 Å². The van der Waals surface area contributed by atoms with Crippen molar-refractivity contribution in [3.63, 3.8) is 0 Å². The number of nitrogens with two attached hydrogens (primary N) is 1. The van der Waals surface area contributed by atoms with Crippen LogP contribution in [0.1, 0.15) is 53.4 Å². The van der Waals surface area contributed by atoms with Gasteiger partial charge in [0.1, 0.15) is 0 Å². The van der Waals surface area contributed by atoms with Gasteiger partial charge in [0.05, 0.1) is 12.0 Å². The summed E-state index contributed by atoms with van der Waals surface area (Å²) in [5.74, 6) is -1.05. The SMILES string of the molecule is CCC(C)C(N)C(=O)NC(C)CCCC(C)C(=O)O. The first kappa shape index (κ1) is 17.9. The largest absolute Gasteiger partial charge is 0.481 e. The Hall–Kier alpha value is -1.10. The molecule has 0 aliphatic rings. The lowest BCUT2D eigenvalue weighted by Crippen LogP contribution is -2.47. The summed E-state index contributed by atoms with van der Waals surface area (Å²) in [7, 11) is 0. The Morgan fingerprint density at radius 1 is 1.21 bits per heavy atom. The molecule has 0 aliphatic heterocycles. The number of amides is 1. The maximum absolute atomic E-state index is 11.8. The van der Waals surface area contributed by atoms with Crippen molar-refractivity contribution in [2.45, 2.75) is 65.5 Å². The maximum Gasteiger partial charge on any atom is 0.306 e. The molecule has 112 valence electrons. The number of carboxylic acid groups (broad SMARTS) is 1. The topological polar surface area (TPSA) is 92.4 Å². The van der Waals surface area contributed by atoms with Gasteiger partial charge in [-0.15, -0.1) is 0 Å². The quantitative estimate of drug-likeness (QED) is 0.596. The van der Waals surface area contributed by atoms with Gasteiger partial charge in [0.15, 0.2) is 0 Å². The predicted molar refractivity (Wildman–Crippen MR) is 75.7 cm³/mol. The molecule has 0 spiro atoms. The third kappa shape index (κ3) is 7.15. The minimum atomic E-state index is -0.768. The van der Waals surface area contributed by atoms with E-state index in [1.807, 2.05) is 20.8 Å². The van der Waals surface area contributed by atoms with E-state index in [1.54, 1.807) is 6.92 Å². The molecular weight excluding hydrogens is 244 g/mol. The van der Waals surface area contributed by atoms with E-state index in [-0.39, 0.29) is 23.8 Å². The normalized spacial score (nSPS) is 17.3. The van der Waals surface area contributed by atoms with Crippen LogP contribution in [0.4, 0.5) is 0 Å². The Bertz CT molecular complexity index is 294. The van der Waals surface area contributed by atoms with Crippen LogP contribution < -0.4 is 11.1 Å². The van der Waals surface area contributed by atoms with E-state index in [2.05, 4.69) is 5.32 Å². The molecule has 19 heavy (non-hydrogen) atoms. The van der Waals surface area contributed by atoms with E-state index in [0.29, 0.717) is 6.42 Å². The molecule has 0 bridgehead atoms. The third-order valence-corrected chi connectivity index (χ3v) is 3.64. The van der Waals surface area contributed by atoms with Gasteiger partial charge in [-0.05, 0) is 25.7 Å². The molecule has 1 amide bonds. The lowest BCUT2D eigenvalue weighted by molar-refractivity contribution is -0.141. The Morgan fingerprint density at radius 2 is 1.79 bits per heavy atom. The van der Waals surface area contributed by atoms with Crippen molar-refractivity contribution in [3.05, 3.63) is 0 Å². The van der Waals surface area contributed by atoms with Crippen LogP contribution in [0.5, 0.6) is 0 Å². The van der Waals surface area contributed by atoms with Crippen molar-refractivity contribution < 1.29 is 14.7 Å². The Labute approximate surface area is 115 Å². The van der Waals surface area contributed by atoms with Crippen LogP contribution in [0.2, 0.25) is 0 Å². The zero-order valence-electron chi connectivity index (χ0n) is 12.5. The number of hydrogen-bond donors (Lipinski definition) is 3. The molecule has 0 aromatic rings. The van der Waals surface area contributed by atoms with Crippen LogP contribution in [0.3, 0.4) is 0 Å². The molecule has 0 aliphatic carbocycles. The number of carbonyl (C=O) groups excluding carboxylic acids is 1. The van der Waals surface area contributed by atoms with Gasteiger partial charge in [-0.2, -0.15) is 0 Å². The maximum atomic E-state index is 11.8. The molecule has 0 aromatic heterocycles. The predicted octanol–water partition coefficient (Wildman–Crippen LogP) is 1.76. The molecule has 0 rings (SSSR count). The molecule has 0 radical (unpaired) electrons. The van der Waals surface area contributed by atoms with Crippen molar-refractivity contribution in [2.75, 3.05) is 0 Å². The highest BCUT2D eigenvalue weighted by Gasteiger charge is 2.20. The molecule has 4 atom stereocenters. The monoisotopic (exact) mass is 272 g/mol. The average molecular weight is 272 g/mol. The number of aliphatic carboxylic acids is 1. The zero-order valence-corrected chi connectivity index (χ0v) is 12.5. The standard InChI is InChI=1S/C14H28N2O3/c1-5-9(2)12(15)13(17)16-11(4)8-6-7-10(3)14(18)19/h9-12H,5-8,15H2,1-4H3,(H,16,17)(H,18,19). The van der Waals surface area contributed by atoms with Gasteiger partial charge in [0.2, 0.25) is 5.91 Å². The highest BCUT2D eigenvalue weighted by Crippen LogP contribution is 2.10. The highest BCUT2D eigenvalue weighted by atomic mass is 16.4. The summed E-state index contributed by atoms with van der Waals surface area (Å²) < 4.78 is 0. The van der Waals surface area contributed by atoms with Gasteiger partial charge < -0.3 is 16.2 Å². The van der Waals surface area contributed by atoms with Gasteiger partial charge in [0.25, 0.3) is 0 Å². The number of nitrogens with one attached hydrogen (secondary N) is 1. The molecule has 0 saturated heterocycles. The van der Waals surface area contributed by atoms with Crippen LogP contribution in [0.15, 0.2) is 0 Å². The number of rotatable bonds is 9. The first-order valence-electron chi connectivity index (χ1n) is 7.08. The summed E-state index contributed by atoms with van der Waals surface area (Å²) >= 11 is 0. The van der Waals surface area contributed by atoms with E-state index < -0.39 is 12.0 Å². The van der Waals surface area contributed by atoms with Crippen molar-refractivity contribution in [1.82, 2.24) is 5.32 Å². The van der Waals surface area contributed by atoms with Crippen LogP contribution in [0, 0.1) is 11.8 Å². The lowest BCUT2D eigenvalue weighted by atomic mass is 9.98. The number of hydrogen-bond acceptors (Lipinski definition) is 3. The fourth-order valence-electron chi connectivity index (χ4n) is 1.78. The summed E-state index contributed by atoms with van der Waals surface area (Å²) in [4.78, 5) is 22.5. The molecule has 4 N–H and O–H groups in total. The molecular formula is C14H28N2O3. The summed E-state index contributed by atoms with van der Waals surface area (Å²) in [6.45, 7) is 7.59. The second kappa shape index (κ2) is 8.91. The Kier molecular flexibility index (Phi) is 8.39. The second-order valence-electron chi connectivity index (χ2n) is 5.49. The highest BCUT2D eigenvalue weighted by molar-refractivity contribution is 5.82. The fraction of sp³-hybridized carbons (Fsp3) is 0.857. The molecule has 0 heterocycles. The zero-order chi connectivity index (χ0) is 15.0. The first-order chi connectivity index (χ1) is 8.79. The van der Waals surface area contributed by atoms with Crippen LogP contribution >= 0.6 is 0 Å². The average Bonchev–Trinajstić information content (AvgIpc) is 2.36. The minimum Gasteiger partial charge on any atom is -0.481 e. The Balaban J connectivity index is 3.94. The van der Waals surface area contributed by atoms with Crippen LogP contribution in [-0.4, -0.2) is 29.1 Å². The van der Waals surface area contributed by atoms with Gasteiger partial charge in [0, 0.05) is 6.04 Å².